The minimum atomic E-state index is 0.748. The summed E-state index contributed by atoms with van der Waals surface area (Å²) in [6, 6.07) is 14.3. The third kappa shape index (κ3) is 2.05. The highest BCUT2D eigenvalue weighted by molar-refractivity contribution is 6.05. The molecule has 2 heterocycles. The van der Waals surface area contributed by atoms with Crippen LogP contribution in [0, 0.1) is 0 Å². The molecule has 0 radical (unpaired) electrons. The van der Waals surface area contributed by atoms with Gasteiger partial charge in [-0.2, -0.15) is 0 Å². The van der Waals surface area contributed by atoms with E-state index in [9.17, 15) is 0 Å². The van der Waals surface area contributed by atoms with E-state index in [1.54, 1.807) is 0 Å². The molecule has 0 fully saturated rings. The van der Waals surface area contributed by atoms with Crippen LogP contribution in [0.2, 0.25) is 0 Å². The Bertz CT molecular complexity index is 920. The number of aryl methyl sites for hydroxylation is 1. The molecule has 0 aliphatic carbocycles. The summed E-state index contributed by atoms with van der Waals surface area (Å²) in [5.41, 5.74) is 4.07. The summed E-state index contributed by atoms with van der Waals surface area (Å²) >= 11 is 0. The molecule has 0 aliphatic rings. The van der Waals surface area contributed by atoms with Gasteiger partial charge in [0.25, 0.3) is 0 Å². The van der Waals surface area contributed by atoms with Gasteiger partial charge in [0.05, 0.1) is 18.6 Å². The lowest BCUT2D eigenvalue weighted by molar-refractivity contribution is 0.669. The van der Waals surface area contributed by atoms with Gasteiger partial charge in [-0.1, -0.05) is 18.2 Å². The topological polar surface area (TPSA) is 43.0 Å². The third-order valence-corrected chi connectivity index (χ3v) is 3.77. The lowest BCUT2D eigenvalue weighted by atomic mass is 10.1. The second kappa shape index (κ2) is 4.66. The molecule has 1 N–H and O–H groups in total. The Labute approximate surface area is 122 Å². The molecule has 4 heteroatoms. The number of benzene rings is 2. The summed E-state index contributed by atoms with van der Waals surface area (Å²) < 4.78 is 7.85. The van der Waals surface area contributed by atoms with Gasteiger partial charge in [0, 0.05) is 29.7 Å². The van der Waals surface area contributed by atoms with E-state index in [2.05, 4.69) is 22.4 Å². The van der Waals surface area contributed by atoms with Crippen LogP contribution in [0.15, 0.2) is 59.4 Å². The Morgan fingerprint density at radius 3 is 2.81 bits per heavy atom. The molecule has 4 nitrogen and oxygen atoms in total. The molecule has 2 aromatic carbocycles. The molecule has 4 aromatic rings. The van der Waals surface area contributed by atoms with Crippen LogP contribution in [0.1, 0.15) is 5.69 Å². The van der Waals surface area contributed by atoms with Crippen LogP contribution in [-0.4, -0.2) is 9.55 Å². The molecule has 0 bridgehead atoms. The summed E-state index contributed by atoms with van der Waals surface area (Å²) in [6.45, 7) is 0.748. The van der Waals surface area contributed by atoms with Crippen molar-refractivity contribution in [3.8, 4) is 0 Å². The van der Waals surface area contributed by atoms with E-state index in [4.69, 9.17) is 4.42 Å². The van der Waals surface area contributed by atoms with E-state index in [0.29, 0.717) is 0 Å². The minimum Gasteiger partial charge on any atom is -0.456 e. The van der Waals surface area contributed by atoms with Crippen LogP contribution in [0.4, 0.5) is 5.69 Å². The molecule has 0 amide bonds. The van der Waals surface area contributed by atoms with Crippen LogP contribution in [-0.2, 0) is 13.6 Å². The highest BCUT2D eigenvalue weighted by atomic mass is 16.3. The Hall–Kier alpha value is -2.75. The summed E-state index contributed by atoms with van der Waals surface area (Å²) in [5, 5.41) is 5.72. The molecule has 0 aliphatic heterocycles. The van der Waals surface area contributed by atoms with E-state index >= 15 is 0 Å². The van der Waals surface area contributed by atoms with Crippen LogP contribution in [0.5, 0.6) is 0 Å². The first-order chi connectivity index (χ1) is 10.3. The number of nitrogens with zero attached hydrogens (tertiary/aromatic N) is 2. The zero-order chi connectivity index (χ0) is 14.2. The minimum absolute atomic E-state index is 0.748. The average Bonchev–Trinajstić information content (AvgIpc) is 3.08. The molecule has 0 atom stereocenters. The Morgan fingerprint density at radius 1 is 1.10 bits per heavy atom. The molecule has 4 rings (SSSR count). The molecule has 2 aromatic heterocycles. The van der Waals surface area contributed by atoms with Crippen LogP contribution < -0.4 is 5.32 Å². The molecular formula is C17H15N3O. The van der Waals surface area contributed by atoms with Gasteiger partial charge >= 0.3 is 0 Å². The van der Waals surface area contributed by atoms with Gasteiger partial charge in [-0.25, -0.2) is 4.98 Å². The van der Waals surface area contributed by atoms with E-state index in [1.165, 1.54) is 0 Å². The van der Waals surface area contributed by atoms with Gasteiger partial charge in [0.15, 0.2) is 0 Å². The van der Waals surface area contributed by atoms with Gasteiger partial charge in [-0.15, -0.1) is 0 Å². The van der Waals surface area contributed by atoms with Crippen LogP contribution in [0.25, 0.3) is 21.9 Å². The van der Waals surface area contributed by atoms with Gasteiger partial charge in [0.2, 0.25) is 0 Å². The fourth-order valence-corrected chi connectivity index (χ4v) is 2.58. The maximum atomic E-state index is 5.84. The number of hydrogen-bond acceptors (Lipinski definition) is 3. The van der Waals surface area contributed by atoms with Crippen molar-refractivity contribution < 1.29 is 4.42 Å². The van der Waals surface area contributed by atoms with Crippen LogP contribution >= 0.6 is 0 Å². The highest BCUT2D eigenvalue weighted by Crippen LogP contribution is 2.30. The van der Waals surface area contributed by atoms with Crippen molar-refractivity contribution in [3.05, 3.63) is 60.7 Å². The zero-order valence-electron chi connectivity index (χ0n) is 11.7. The summed E-state index contributed by atoms with van der Waals surface area (Å²) in [6.07, 6.45) is 3.68. The molecule has 0 saturated carbocycles. The monoisotopic (exact) mass is 277 g/mol. The van der Waals surface area contributed by atoms with Crippen LogP contribution in [0.3, 0.4) is 0 Å². The van der Waals surface area contributed by atoms with Crippen molar-refractivity contribution in [2.45, 2.75) is 6.54 Å². The Balaban J connectivity index is 1.69. The second-order valence-corrected chi connectivity index (χ2v) is 5.16. The summed E-state index contributed by atoms with van der Waals surface area (Å²) in [4.78, 5) is 4.12. The third-order valence-electron chi connectivity index (χ3n) is 3.77. The van der Waals surface area contributed by atoms with Gasteiger partial charge in [-0.3, -0.25) is 0 Å². The van der Waals surface area contributed by atoms with Gasteiger partial charge in [-0.05, 0) is 24.3 Å². The van der Waals surface area contributed by atoms with Crippen molar-refractivity contribution in [3.63, 3.8) is 0 Å². The predicted molar refractivity (Wildman–Crippen MR) is 84.3 cm³/mol. The number of imidazole rings is 1. The highest BCUT2D eigenvalue weighted by Gasteiger charge is 2.07. The Kier molecular flexibility index (Phi) is 2.67. The lowest BCUT2D eigenvalue weighted by Gasteiger charge is -2.06. The average molecular weight is 277 g/mol. The first kappa shape index (κ1) is 12.0. The predicted octanol–water partition coefficient (Wildman–Crippen LogP) is 3.93. The van der Waals surface area contributed by atoms with E-state index in [0.717, 1.165) is 39.9 Å². The number of para-hydroxylation sites is 1. The number of aromatic nitrogens is 2. The zero-order valence-corrected chi connectivity index (χ0v) is 11.7. The quantitative estimate of drug-likeness (QED) is 0.617. The van der Waals surface area contributed by atoms with E-state index < -0.39 is 0 Å². The fraction of sp³-hybridized carbons (Fsp3) is 0.118. The van der Waals surface area contributed by atoms with Crippen molar-refractivity contribution in [2.75, 3.05) is 5.32 Å². The van der Waals surface area contributed by atoms with Crippen molar-refractivity contribution in [1.82, 2.24) is 9.55 Å². The van der Waals surface area contributed by atoms with Gasteiger partial charge in [0.1, 0.15) is 11.2 Å². The SMILES string of the molecule is Cn1cncc1CNc1ccc2oc3ccccc3c2c1. The number of nitrogens with one attached hydrogen (secondary N) is 1. The number of hydrogen-bond donors (Lipinski definition) is 1. The molecule has 0 saturated heterocycles. The number of anilines is 1. The lowest BCUT2D eigenvalue weighted by Crippen LogP contribution is -2.03. The Morgan fingerprint density at radius 2 is 1.95 bits per heavy atom. The van der Waals surface area contributed by atoms with Crippen molar-refractivity contribution >= 4 is 27.6 Å². The molecule has 0 unspecified atom stereocenters. The first-order valence-corrected chi connectivity index (χ1v) is 6.91. The van der Waals surface area contributed by atoms with Crippen molar-refractivity contribution in [2.24, 2.45) is 7.05 Å². The summed E-state index contributed by atoms with van der Waals surface area (Å²) in [7, 11) is 2.00. The normalized spacial score (nSPS) is 11.3. The largest absolute Gasteiger partial charge is 0.456 e. The molecular weight excluding hydrogens is 262 g/mol. The molecule has 21 heavy (non-hydrogen) atoms. The number of fused-ring (bicyclic) bond motifs is 3. The molecule has 0 spiro atoms. The number of rotatable bonds is 3. The summed E-state index contributed by atoms with van der Waals surface area (Å²) in [5.74, 6) is 0. The first-order valence-electron chi connectivity index (χ1n) is 6.91. The number of furan rings is 1. The fourth-order valence-electron chi connectivity index (χ4n) is 2.58. The van der Waals surface area contributed by atoms with Gasteiger partial charge < -0.3 is 14.3 Å². The van der Waals surface area contributed by atoms with E-state index in [1.807, 2.05) is 54.5 Å². The second-order valence-electron chi connectivity index (χ2n) is 5.16. The molecule has 104 valence electrons. The maximum Gasteiger partial charge on any atom is 0.135 e. The van der Waals surface area contributed by atoms with Crippen molar-refractivity contribution in [1.29, 1.82) is 0 Å². The van der Waals surface area contributed by atoms with E-state index in [-0.39, 0.29) is 0 Å². The smallest absolute Gasteiger partial charge is 0.135 e. The standard InChI is InChI=1S/C17H15N3O/c1-20-11-18-9-13(20)10-19-12-6-7-17-15(8-12)14-4-2-3-5-16(14)21-17/h2-9,11,19H,10H2,1H3. The maximum absolute atomic E-state index is 5.84.